The maximum absolute atomic E-state index is 12.2. The standard InChI is InChI=1S/C16H15BrN2O/c1-10-6-11(4-5-18-10)16-9-14(20)8-12-7-13(17)2-3-15(12)19-16/h2-7,16,19H,8-9H2,1H3. The van der Waals surface area contributed by atoms with Crippen LogP contribution in [0.5, 0.6) is 0 Å². The molecule has 3 nitrogen and oxygen atoms in total. The summed E-state index contributed by atoms with van der Waals surface area (Å²) in [5.74, 6) is 0.258. The summed E-state index contributed by atoms with van der Waals surface area (Å²) in [7, 11) is 0. The zero-order valence-electron chi connectivity index (χ0n) is 11.2. The molecule has 2 aromatic rings. The number of hydrogen-bond donors (Lipinski definition) is 1. The Kier molecular flexibility index (Phi) is 3.57. The fourth-order valence-corrected chi connectivity index (χ4v) is 2.99. The molecule has 4 heteroatoms. The average Bonchev–Trinajstić information content (AvgIpc) is 2.56. The number of nitrogens with zero attached hydrogens (tertiary/aromatic N) is 1. The first-order valence-electron chi connectivity index (χ1n) is 6.61. The molecular weight excluding hydrogens is 316 g/mol. The molecule has 102 valence electrons. The van der Waals surface area contributed by atoms with E-state index in [1.807, 2.05) is 37.3 Å². The summed E-state index contributed by atoms with van der Waals surface area (Å²) in [5, 5.41) is 3.49. The molecule has 20 heavy (non-hydrogen) atoms. The number of nitrogens with one attached hydrogen (secondary N) is 1. The van der Waals surface area contributed by atoms with Crippen molar-refractivity contribution >= 4 is 27.4 Å². The Hall–Kier alpha value is -1.68. The lowest BCUT2D eigenvalue weighted by Crippen LogP contribution is -2.13. The SMILES string of the molecule is Cc1cc(C2CC(=O)Cc3cc(Br)ccc3N2)ccn1. The summed E-state index contributed by atoms with van der Waals surface area (Å²) in [6.07, 6.45) is 2.79. The Labute approximate surface area is 126 Å². The highest BCUT2D eigenvalue weighted by Gasteiger charge is 2.22. The lowest BCUT2D eigenvalue weighted by molar-refractivity contribution is -0.118. The molecule has 0 amide bonds. The van der Waals surface area contributed by atoms with Gasteiger partial charge in [0.05, 0.1) is 6.04 Å². The van der Waals surface area contributed by atoms with E-state index in [0.717, 1.165) is 27.0 Å². The molecule has 0 radical (unpaired) electrons. The zero-order valence-corrected chi connectivity index (χ0v) is 12.8. The third kappa shape index (κ3) is 2.75. The number of hydrogen-bond acceptors (Lipinski definition) is 3. The van der Waals surface area contributed by atoms with Gasteiger partial charge in [-0.2, -0.15) is 0 Å². The van der Waals surface area contributed by atoms with Crippen molar-refractivity contribution in [1.29, 1.82) is 0 Å². The highest BCUT2D eigenvalue weighted by molar-refractivity contribution is 9.10. The predicted octanol–water partition coefficient (Wildman–Crippen LogP) is 3.82. The molecule has 0 saturated heterocycles. The second-order valence-corrected chi connectivity index (χ2v) is 6.06. The monoisotopic (exact) mass is 330 g/mol. The minimum Gasteiger partial charge on any atom is -0.378 e. The molecule has 1 aliphatic rings. The van der Waals surface area contributed by atoms with Crippen LogP contribution in [0.4, 0.5) is 5.69 Å². The first kappa shape index (κ1) is 13.3. The number of anilines is 1. The fraction of sp³-hybridized carbons (Fsp3) is 0.250. The van der Waals surface area contributed by atoms with Gasteiger partial charge in [0.1, 0.15) is 5.78 Å². The van der Waals surface area contributed by atoms with Gasteiger partial charge in [-0.1, -0.05) is 15.9 Å². The van der Waals surface area contributed by atoms with Gasteiger partial charge in [0.2, 0.25) is 0 Å². The molecule has 2 heterocycles. The van der Waals surface area contributed by atoms with Gasteiger partial charge >= 0.3 is 0 Å². The molecule has 1 aromatic heterocycles. The van der Waals surface area contributed by atoms with Gasteiger partial charge < -0.3 is 5.32 Å². The molecule has 0 spiro atoms. The Balaban J connectivity index is 1.98. The first-order valence-corrected chi connectivity index (χ1v) is 7.40. The molecule has 1 aliphatic heterocycles. The van der Waals surface area contributed by atoms with Gasteiger partial charge in [0.15, 0.2) is 0 Å². The molecule has 3 rings (SSSR count). The van der Waals surface area contributed by atoms with Crippen LogP contribution in [0.1, 0.15) is 29.3 Å². The number of aromatic nitrogens is 1. The van der Waals surface area contributed by atoms with Crippen molar-refractivity contribution in [2.24, 2.45) is 0 Å². The van der Waals surface area contributed by atoms with Crippen molar-refractivity contribution in [3.63, 3.8) is 0 Å². The van der Waals surface area contributed by atoms with E-state index < -0.39 is 0 Å². The normalized spacial score (nSPS) is 18.1. The number of carbonyl (C=O) groups excluding carboxylic acids is 1. The van der Waals surface area contributed by atoms with Crippen molar-refractivity contribution in [2.45, 2.75) is 25.8 Å². The van der Waals surface area contributed by atoms with E-state index in [-0.39, 0.29) is 11.8 Å². The van der Waals surface area contributed by atoms with Crippen molar-refractivity contribution in [3.8, 4) is 0 Å². The molecule has 1 N–H and O–H groups in total. The fourth-order valence-electron chi connectivity index (χ4n) is 2.59. The van der Waals surface area contributed by atoms with Crippen LogP contribution >= 0.6 is 15.9 Å². The van der Waals surface area contributed by atoms with Crippen molar-refractivity contribution < 1.29 is 4.79 Å². The van der Waals surface area contributed by atoms with E-state index in [1.165, 1.54) is 0 Å². The number of fused-ring (bicyclic) bond motifs is 1. The molecule has 1 aromatic carbocycles. The van der Waals surface area contributed by atoms with E-state index in [0.29, 0.717) is 12.8 Å². The Morgan fingerprint density at radius 1 is 1.30 bits per heavy atom. The molecule has 0 aliphatic carbocycles. The van der Waals surface area contributed by atoms with E-state index in [2.05, 4.69) is 26.2 Å². The van der Waals surface area contributed by atoms with Crippen LogP contribution in [0.25, 0.3) is 0 Å². The minimum atomic E-state index is 0.0200. The Morgan fingerprint density at radius 2 is 2.15 bits per heavy atom. The van der Waals surface area contributed by atoms with Crippen LogP contribution in [0.15, 0.2) is 41.0 Å². The van der Waals surface area contributed by atoms with Crippen LogP contribution in [0.2, 0.25) is 0 Å². The summed E-state index contributed by atoms with van der Waals surface area (Å²) >= 11 is 3.46. The molecule has 1 unspecified atom stereocenters. The summed E-state index contributed by atoms with van der Waals surface area (Å²) in [6, 6.07) is 10.1. The molecule has 0 saturated carbocycles. The number of carbonyl (C=O) groups is 1. The second kappa shape index (κ2) is 5.37. The molecule has 0 bridgehead atoms. The van der Waals surface area contributed by atoms with Gasteiger partial charge in [-0.05, 0) is 48.4 Å². The van der Waals surface area contributed by atoms with E-state index in [1.54, 1.807) is 6.20 Å². The van der Waals surface area contributed by atoms with Crippen LogP contribution in [0, 0.1) is 6.92 Å². The van der Waals surface area contributed by atoms with Crippen LogP contribution in [0.3, 0.4) is 0 Å². The number of benzene rings is 1. The lowest BCUT2D eigenvalue weighted by Gasteiger charge is -2.18. The number of ketones is 1. The van der Waals surface area contributed by atoms with E-state index >= 15 is 0 Å². The highest BCUT2D eigenvalue weighted by Crippen LogP contribution is 2.31. The Bertz CT molecular complexity index is 669. The quantitative estimate of drug-likeness (QED) is 0.864. The van der Waals surface area contributed by atoms with Gasteiger partial charge in [-0.3, -0.25) is 9.78 Å². The summed E-state index contributed by atoms with van der Waals surface area (Å²) in [5.41, 5.74) is 4.18. The third-order valence-corrected chi connectivity index (χ3v) is 4.03. The number of aryl methyl sites for hydroxylation is 1. The molecule has 1 atom stereocenters. The average molecular weight is 331 g/mol. The van der Waals surface area contributed by atoms with Gasteiger partial charge in [-0.15, -0.1) is 0 Å². The summed E-state index contributed by atoms with van der Waals surface area (Å²) in [4.78, 5) is 16.4. The Morgan fingerprint density at radius 3 is 2.95 bits per heavy atom. The smallest absolute Gasteiger partial charge is 0.139 e. The molecule has 0 fully saturated rings. The zero-order chi connectivity index (χ0) is 14.1. The van der Waals surface area contributed by atoms with Crippen LogP contribution < -0.4 is 5.32 Å². The minimum absolute atomic E-state index is 0.0200. The van der Waals surface area contributed by atoms with E-state index in [4.69, 9.17) is 0 Å². The van der Waals surface area contributed by atoms with Crippen LogP contribution in [-0.2, 0) is 11.2 Å². The highest BCUT2D eigenvalue weighted by atomic mass is 79.9. The van der Waals surface area contributed by atoms with Crippen LogP contribution in [-0.4, -0.2) is 10.8 Å². The second-order valence-electron chi connectivity index (χ2n) is 5.15. The topological polar surface area (TPSA) is 42.0 Å². The van der Waals surface area contributed by atoms with Gasteiger partial charge in [0.25, 0.3) is 0 Å². The van der Waals surface area contributed by atoms with E-state index in [9.17, 15) is 4.79 Å². The number of Topliss-reactive ketones (excluding diaryl/α,β-unsaturated/α-hetero) is 1. The lowest BCUT2D eigenvalue weighted by atomic mass is 10.0. The van der Waals surface area contributed by atoms with Crippen molar-refractivity contribution in [3.05, 3.63) is 57.8 Å². The van der Waals surface area contributed by atoms with Gasteiger partial charge in [-0.25, -0.2) is 0 Å². The number of pyridine rings is 1. The summed E-state index contributed by atoms with van der Waals surface area (Å²) < 4.78 is 1.00. The van der Waals surface area contributed by atoms with Crippen molar-refractivity contribution in [1.82, 2.24) is 4.98 Å². The third-order valence-electron chi connectivity index (χ3n) is 3.54. The summed E-state index contributed by atoms with van der Waals surface area (Å²) in [6.45, 7) is 1.97. The number of halogens is 1. The maximum atomic E-state index is 12.2. The number of rotatable bonds is 1. The maximum Gasteiger partial charge on any atom is 0.139 e. The molecular formula is C16H15BrN2O. The predicted molar refractivity (Wildman–Crippen MR) is 82.8 cm³/mol. The van der Waals surface area contributed by atoms with Crippen molar-refractivity contribution in [2.75, 3.05) is 5.32 Å². The first-order chi connectivity index (χ1) is 9.61. The largest absolute Gasteiger partial charge is 0.378 e. The van der Waals surface area contributed by atoms with Gasteiger partial charge in [0, 0.05) is 34.9 Å².